The zero-order chi connectivity index (χ0) is 16.7. The van der Waals surface area contributed by atoms with Crippen molar-refractivity contribution >= 4 is 5.91 Å². The molecule has 8 nitrogen and oxygen atoms in total. The van der Waals surface area contributed by atoms with Gasteiger partial charge in [0.05, 0.1) is 5.56 Å². The maximum absolute atomic E-state index is 12.6. The molecule has 2 fully saturated rings. The summed E-state index contributed by atoms with van der Waals surface area (Å²) >= 11 is 0. The van der Waals surface area contributed by atoms with E-state index in [1.54, 1.807) is 11.0 Å². The Labute approximate surface area is 138 Å². The molecule has 1 aliphatic heterocycles. The average Bonchev–Trinajstić information content (AvgIpc) is 3.33. The lowest BCUT2D eigenvalue weighted by Gasteiger charge is -2.37. The highest BCUT2D eigenvalue weighted by Gasteiger charge is 2.35. The number of rotatable bonds is 3. The van der Waals surface area contributed by atoms with Gasteiger partial charge in [-0.1, -0.05) is 5.16 Å². The number of hydrogen-bond donors (Lipinski definition) is 1. The second-order valence-corrected chi connectivity index (χ2v) is 6.45. The number of hydrogen-bond acceptors (Lipinski definition) is 6. The van der Waals surface area contributed by atoms with Crippen molar-refractivity contribution in [1.82, 2.24) is 24.9 Å². The van der Waals surface area contributed by atoms with Crippen molar-refractivity contribution in [3.63, 3.8) is 0 Å². The number of piperazine rings is 1. The summed E-state index contributed by atoms with van der Waals surface area (Å²) in [4.78, 5) is 34.7. The van der Waals surface area contributed by atoms with Crippen molar-refractivity contribution in [2.75, 3.05) is 26.7 Å². The van der Waals surface area contributed by atoms with E-state index in [-0.39, 0.29) is 17.5 Å². The summed E-state index contributed by atoms with van der Waals surface area (Å²) in [6.45, 7) is 1.83. The molecule has 8 heteroatoms. The molecular weight excluding hydrogens is 310 g/mol. The second kappa shape index (κ2) is 5.86. The quantitative estimate of drug-likeness (QED) is 0.893. The zero-order valence-corrected chi connectivity index (χ0v) is 13.4. The number of amides is 1. The molecule has 0 unspecified atom stereocenters. The number of pyridine rings is 1. The van der Waals surface area contributed by atoms with Crippen molar-refractivity contribution in [3.8, 4) is 0 Å². The standard InChI is InChI=1S/C16H19N5O3/c1-20-6-7-21(16(23)11-4-5-13(22)17-8-11)9-12(20)15-18-14(19-24-15)10-2-3-10/h4-5,8,10,12H,2-3,6-7,9H2,1H3,(H,17,22)/t12-/m1/s1. The molecule has 1 saturated heterocycles. The summed E-state index contributed by atoms with van der Waals surface area (Å²) in [7, 11) is 1.99. The smallest absolute Gasteiger partial charge is 0.255 e. The van der Waals surface area contributed by atoms with E-state index >= 15 is 0 Å². The fourth-order valence-electron chi connectivity index (χ4n) is 2.94. The summed E-state index contributed by atoms with van der Waals surface area (Å²) in [5.41, 5.74) is 0.253. The number of likely N-dealkylation sites (N-methyl/N-ethyl adjacent to an activating group) is 1. The third-order valence-corrected chi connectivity index (χ3v) is 4.65. The number of carbonyl (C=O) groups excluding carboxylic acids is 1. The highest BCUT2D eigenvalue weighted by atomic mass is 16.5. The van der Waals surface area contributed by atoms with E-state index < -0.39 is 0 Å². The van der Waals surface area contributed by atoms with Crippen LogP contribution < -0.4 is 5.56 Å². The van der Waals surface area contributed by atoms with E-state index in [9.17, 15) is 9.59 Å². The minimum Gasteiger partial charge on any atom is -0.338 e. The third kappa shape index (κ3) is 2.84. The normalized spacial score (nSPS) is 21.9. The van der Waals surface area contributed by atoms with Crippen molar-refractivity contribution in [2.45, 2.75) is 24.8 Å². The molecule has 2 aromatic rings. The van der Waals surface area contributed by atoms with Gasteiger partial charge in [0.1, 0.15) is 6.04 Å². The molecule has 4 rings (SSSR count). The van der Waals surface area contributed by atoms with Crippen LogP contribution in [0, 0.1) is 0 Å². The largest absolute Gasteiger partial charge is 0.338 e. The highest BCUT2D eigenvalue weighted by Crippen LogP contribution is 2.38. The second-order valence-electron chi connectivity index (χ2n) is 6.45. The number of aromatic nitrogens is 3. The van der Waals surface area contributed by atoms with E-state index in [4.69, 9.17) is 4.52 Å². The molecule has 1 aliphatic carbocycles. The van der Waals surface area contributed by atoms with Gasteiger partial charge in [0, 0.05) is 37.8 Å². The summed E-state index contributed by atoms with van der Waals surface area (Å²) < 4.78 is 5.44. The average molecular weight is 329 g/mol. The molecule has 1 atom stereocenters. The van der Waals surface area contributed by atoms with Crippen molar-refractivity contribution in [3.05, 3.63) is 46.0 Å². The predicted octanol–water partition coefficient (Wildman–Crippen LogP) is 0.764. The lowest BCUT2D eigenvalue weighted by atomic mass is 10.1. The molecule has 0 radical (unpaired) electrons. The molecule has 2 aromatic heterocycles. The molecule has 1 N–H and O–H groups in total. The summed E-state index contributed by atoms with van der Waals surface area (Å²) in [6.07, 6.45) is 3.70. The number of H-pyrrole nitrogens is 1. The van der Waals surface area contributed by atoms with Crippen LogP contribution in [0.25, 0.3) is 0 Å². The summed E-state index contributed by atoms with van der Waals surface area (Å²) in [6, 6.07) is 2.80. The van der Waals surface area contributed by atoms with Crippen LogP contribution in [0.1, 0.15) is 46.9 Å². The molecule has 0 spiro atoms. The topological polar surface area (TPSA) is 95.3 Å². The highest BCUT2D eigenvalue weighted by molar-refractivity contribution is 5.94. The van der Waals surface area contributed by atoms with Gasteiger partial charge in [-0.25, -0.2) is 0 Å². The van der Waals surface area contributed by atoms with Crippen LogP contribution in [-0.2, 0) is 0 Å². The van der Waals surface area contributed by atoms with Gasteiger partial charge in [-0.3, -0.25) is 14.5 Å². The van der Waals surface area contributed by atoms with Crippen LogP contribution in [0.3, 0.4) is 0 Å². The zero-order valence-electron chi connectivity index (χ0n) is 13.4. The van der Waals surface area contributed by atoms with E-state index in [1.807, 2.05) is 7.05 Å². The minimum atomic E-state index is -0.221. The first-order valence-corrected chi connectivity index (χ1v) is 8.13. The molecule has 3 heterocycles. The fourth-order valence-corrected chi connectivity index (χ4v) is 2.94. The molecular formula is C16H19N5O3. The third-order valence-electron chi connectivity index (χ3n) is 4.65. The monoisotopic (exact) mass is 329 g/mol. The van der Waals surface area contributed by atoms with Crippen LogP contribution in [-0.4, -0.2) is 57.5 Å². The van der Waals surface area contributed by atoms with Crippen LogP contribution >= 0.6 is 0 Å². The van der Waals surface area contributed by atoms with Gasteiger partial charge in [0.2, 0.25) is 11.4 Å². The number of aromatic amines is 1. The van der Waals surface area contributed by atoms with Gasteiger partial charge in [0.25, 0.3) is 5.91 Å². The number of nitrogens with one attached hydrogen (secondary N) is 1. The van der Waals surface area contributed by atoms with Crippen molar-refractivity contribution in [2.24, 2.45) is 0 Å². The maximum atomic E-state index is 12.6. The van der Waals surface area contributed by atoms with Gasteiger partial charge in [0.15, 0.2) is 5.82 Å². The molecule has 126 valence electrons. The number of nitrogens with zero attached hydrogens (tertiary/aromatic N) is 4. The predicted molar refractivity (Wildman–Crippen MR) is 84.6 cm³/mol. The maximum Gasteiger partial charge on any atom is 0.255 e. The Kier molecular flexibility index (Phi) is 3.68. The lowest BCUT2D eigenvalue weighted by molar-refractivity contribution is 0.0488. The Hall–Kier alpha value is -2.48. The molecule has 24 heavy (non-hydrogen) atoms. The van der Waals surface area contributed by atoms with E-state index in [0.717, 1.165) is 25.2 Å². The van der Waals surface area contributed by atoms with Gasteiger partial charge < -0.3 is 14.4 Å². The van der Waals surface area contributed by atoms with Crippen LogP contribution in [0.15, 0.2) is 27.6 Å². The molecule has 0 aromatic carbocycles. The lowest BCUT2D eigenvalue weighted by Crippen LogP contribution is -2.49. The van der Waals surface area contributed by atoms with Crippen LogP contribution in [0.4, 0.5) is 0 Å². The molecule has 0 bridgehead atoms. The van der Waals surface area contributed by atoms with Crippen molar-refractivity contribution in [1.29, 1.82) is 0 Å². The first-order valence-electron chi connectivity index (χ1n) is 8.13. The van der Waals surface area contributed by atoms with Gasteiger partial charge in [-0.05, 0) is 26.0 Å². The van der Waals surface area contributed by atoms with Gasteiger partial charge in [-0.15, -0.1) is 0 Å². The SMILES string of the molecule is CN1CCN(C(=O)c2ccc(=O)[nH]c2)C[C@@H]1c1nc(C2CC2)no1. The summed E-state index contributed by atoms with van der Waals surface area (Å²) in [5.74, 6) is 1.68. The van der Waals surface area contributed by atoms with Crippen molar-refractivity contribution < 1.29 is 9.32 Å². The Morgan fingerprint density at radius 1 is 1.33 bits per heavy atom. The molecule has 1 saturated carbocycles. The summed E-state index contributed by atoms with van der Waals surface area (Å²) in [5, 5.41) is 4.07. The van der Waals surface area contributed by atoms with E-state index in [1.165, 1.54) is 12.3 Å². The molecule has 2 aliphatic rings. The van der Waals surface area contributed by atoms with E-state index in [0.29, 0.717) is 30.5 Å². The van der Waals surface area contributed by atoms with Crippen LogP contribution in [0.2, 0.25) is 0 Å². The van der Waals surface area contributed by atoms with Gasteiger partial charge >= 0.3 is 0 Å². The minimum absolute atomic E-state index is 0.105. The Balaban J connectivity index is 1.52. The Bertz CT molecular complexity index is 790. The van der Waals surface area contributed by atoms with Crippen LogP contribution in [0.5, 0.6) is 0 Å². The Morgan fingerprint density at radius 2 is 2.17 bits per heavy atom. The number of carbonyl (C=O) groups is 1. The fraction of sp³-hybridized carbons (Fsp3) is 0.500. The first kappa shape index (κ1) is 15.1. The van der Waals surface area contributed by atoms with E-state index in [2.05, 4.69) is 20.0 Å². The first-order chi connectivity index (χ1) is 11.6. The van der Waals surface area contributed by atoms with Gasteiger partial charge in [-0.2, -0.15) is 4.98 Å². The molecule has 1 amide bonds. The Morgan fingerprint density at radius 3 is 2.88 bits per heavy atom.